The summed E-state index contributed by atoms with van der Waals surface area (Å²) in [6.45, 7) is 4.10. The van der Waals surface area contributed by atoms with Gasteiger partial charge in [-0.25, -0.2) is 4.39 Å². The molecule has 1 fully saturated rings. The van der Waals surface area contributed by atoms with Gasteiger partial charge < -0.3 is 10.0 Å². The molecule has 1 aliphatic rings. The highest BCUT2D eigenvalue weighted by Gasteiger charge is 2.31. The molecule has 1 amide bonds. The largest absolute Gasteiger partial charge is 0.391 e. The van der Waals surface area contributed by atoms with E-state index in [4.69, 9.17) is 0 Å². The number of likely N-dealkylation sites (tertiary alicyclic amines) is 1. The van der Waals surface area contributed by atoms with Crippen molar-refractivity contribution in [2.24, 2.45) is 0 Å². The summed E-state index contributed by atoms with van der Waals surface area (Å²) >= 11 is 0. The molecule has 0 unspecified atom stereocenters. The van der Waals surface area contributed by atoms with Gasteiger partial charge >= 0.3 is 0 Å². The standard InChI is InChI=1S/C15H20FNO2/c1-10-6-7-13(16)12(9-10)15(19)17-8-4-3-5-14(17)11(2)18/h6-7,9,11,14,18H,3-5,8H2,1-2H3/t11-,14-/m0/s1. The summed E-state index contributed by atoms with van der Waals surface area (Å²) in [5.41, 5.74) is 0.961. The van der Waals surface area contributed by atoms with E-state index in [1.54, 1.807) is 24.0 Å². The first-order chi connectivity index (χ1) is 9.00. The Labute approximate surface area is 113 Å². The van der Waals surface area contributed by atoms with Crippen molar-refractivity contribution in [2.45, 2.75) is 45.3 Å². The van der Waals surface area contributed by atoms with Gasteiger partial charge in [-0.2, -0.15) is 0 Å². The van der Waals surface area contributed by atoms with Crippen molar-refractivity contribution in [1.29, 1.82) is 0 Å². The lowest BCUT2D eigenvalue weighted by Gasteiger charge is -2.37. The molecule has 1 heterocycles. The van der Waals surface area contributed by atoms with Crippen LogP contribution in [0.2, 0.25) is 0 Å². The quantitative estimate of drug-likeness (QED) is 0.892. The third kappa shape index (κ3) is 2.95. The van der Waals surface area contributed by atoms with Gasteiger partial charge in [0.15, 0.2) is 0 Å². The Bertz CT molecular complexity index is 473. The number of amides is 1. The summed E-state index contributed by atoms with van der Waals surface area (Å²) in [5, 5.41) is 9.78. The molecule has 19 heavy (non-hydrogen) atoms. The van der Waals surface area contributed by atoms with Crippen molar-refractivity contribution in [2.75, 3.05) is 6.54 Å². The van der Waals surface area contributed by atoms with Crippen LogP contribution < -0.4 is 0 Å². The van der Waals surface area contributed by atoms with E-state index in [1.165, 1.54) is 6.07 Å². The Hall–Kier alpha value is -1.42. The van der Waals surface area contributed by atoms with E-state index in [1.807, 2.05) is 6.92 Å². The molecule has 4 heteroatoms. The lowest BCUT2D eigenvalue weighted by atomic mass is 9.96. The van der Waals surface area contributed by atoms with Crippen LogP contribution in [0.15, 0.2) is 18.2 Å². The summed E-state index contributed by atoms with van der Waals surface area (Å²) in [6, 6.07) is 4.34. The Morgan fingerprint density at radius 3 is 2.89 bits per heavy atom. The molecular formula is C15H20FNO2. The highest BCUT2D eigenvalue weighted by atomic mass is 19.1. The highest BCUT2D eigenvalue weighted by molar-refractivity contribution is 5.95. The highest BCUT2D eigenvalue weighted by Crippen LogP contribution is 2.23. The number of nitrogens with zero attached hydrogens (tertiary/aromatic N) is 1. The second-order valence-electron chi connectivity index (χ2n) is 5.29. The zero-order valence-electron chi connectivity index (χ0n) is 11.4. The topological polar surface area (TPSA) is 40.5 Å². The first kappa shape index (κ1) is 14.0. The maximum absolute atomic E-state index is 13.8. The van der Waals surface area contributed by atoms with E-state index in [0.29, 0.717) is 6.54 Å². The van der Waals surface area contributed by atoms with Crippen LogP contribution in [0, 0.1) is 12.7 Å². The van der Waals surface area contributed by atoms with Crippen molar-refractivity contribution in [3.05, 3.63) is 35.1 Å². The van der Waals surface area contributed by atoms with E-state index < -0.39 is 11.9 Å². The van der Waals surface area contributed by atoms with Crippen LogP contribution in [-0.4, -0.2) is 34.6 Å². The second kappa shape index (κ2) is 5.70. The molecule has 0 saturated carbocycles. The van der Waals surface area contributed by atoms with Gasteiger partial charge in [-0.3, -0.25) is 4.79 Å². The van der Waals surface area contributed by atoms with Crippen molar-refractivity contribution in [1.82, 2.24) is 4.90 Å². The van der Waals surface area contributed by atoms with E-state index in [-0.39, 0.29) is 17.5 Å². The summed E-state index contributed by atoms with van der Waals surface area (Å²) in [5.74, 6) is -0.808. The summed E-state index contributed by atoms with van der Waals surface area (Å²) in [7, 11) is 0. The lowest BCUT2D eigenvalue weighted by Crippen LogP contribution is -2.49. The maximum atomic E-state index is 13.8. The molecule has 1 aromatic carbocycles. The number of piperidine rings is 1. The van der Waals surface area contributed by atoms with Gasteiger partial charge in [0.25, 0.3) is 5.91 Å². The molecule has 2 rings (SSSR count). The first-order valence-electron chi connectivity index (χ1n) is 6.76. The van der Waals surface area contributed by atoms with Crippen molar-refractivity contribution < 1.29 is 14.3 Å². The molecule has 0 aromatic heterocycles. The van der Waals surface area contributed by atoms with Crippen molar-refractivity contribution >= 4 is 5.91 Å². The van der Waals surface area contributed by atoms with Crippen LogP contribution in [0.25, 0.3) is 0 Å². The van der Waals surface area contributed by atoms with Gasteiger partial charge in [0.1, 0.15) is 5.82 Å². The number of aliphatic hydroxyl groups excluding tert-OH is 1. The number of carbonyl (C=O) groups is 1. The maximum Gasteiger partial charge on any atom is 0.257 e. The molecular weight excluding hydrogens is 245 g/mol. The van der Waals surface area contributed by atoms with E-state index >= 15 is 0 Å². The van der Waals surface area contributed by atoms with Gasteiger partial charge in [0.05, 0.1) is 17.7 Å². The number of aliphatic hydroxyl groups is 1. The van der Waals surface area contributed by atoms with Crippen LogP contribution in [0.4, 0.5) is 4.39 Å². The van der Waals surface area contributed by atoms with Crippen LogP contribution in [0.1, 0.15) is 42.1 Å². The van der Waals surface area contributed by atoms with Crippen molar-refractivity contribution in [3.8, 4) is 0 Å². The van der Waals surface area contributed by atoms with Crippen molar-refractivity contribution in [3.63, 3.8) is 0 Å². The third-order valence-corrected chi connectivity index (χ3v) is 3.72. The number of hydrogen-bond acceptors (Lipinski definition) is 2. The SMILES string of the molecule is Cc1ccc(F)c(C(=O)N2CCCC[C@H]2[C@H](C)O)c1. The smallest absolute Gasteiger partial charge is 0.257 e. The molecule has 0 spiro atoms. The number of benzene rings is 1. The summed E-state index contributed by atoms with van der Waals surface area (Å²) in [4.78, 5) is 14.1. The van der Waals surface area contributed by atoms with Crippen LogP contribution in [-0.2, 0) is 0 Å². The number of carbonyl (C=O) groups excluding carboxylic acids is 1. The lowest BCUT2D eigenvalue weighted by molar-refractivity contribution is 0.0277. The number of rotatable bonds is 2. The van der Waals surface area contributed by atoms with Gasteiger partial charge in [-0.05, 0) is 45.2 Å². The predicted octanol–water partition coefficient (Wildman–Crippen LogP) is 2.51. The van der Waals surface area contributed by atoms with E-state index in [2.05, 4.69) is 0 Å². The fraction of sp³-hybridized carbons (Fsp3) is 0.533. The Balaban J connectivity index is 2.28. The summed E-state index contributed by atoms with van der Waals surface area (Å²) < 4.78 is 13.8. The molecule has 104 valence electrons. The third-order valence-electron chi connectivity index (χ3n) is 3.72. The minimum atomic E-state index is -0.586. The fourth-order valence-electron chi connectivity index (χ4n) is 2.67. The molecule has 1 aromatic rings. The average Bonchev–Trinajstić information content (AvgIpc) is 2.40. The Morgan fingerprint density at radius 1 is 1.47 bits per heavy atom. The normalized spacial score (nSPS) is 21.3. The number of halogens is 1. The molecule has 0 aliphatic carbocycles. The monoisotopic (exact) mass is 265 g/mol. The van der Waals surface area contributed by atoms with Gasteiger partial charge in [-0.15, -0.1) is 0 Å². The molecule has 2 atom stereocenters. The molecule has 1 aliphatic heterocycles. The van der Waals surface area contributed by atoms with Gasteiger partial charge in [-0.1, -0.05) is 11.6 Å². The minimum absolute atomic E-state index is 0.104. The summed E-state index contributed by atoms with van der Waals surface area (Å²) in [6.07, 6.45) is 2.09. The molecule has 1 saturated heterocycles. The zero-order valence-corrected chi connectivity index (χ0v) is 11.4. The Morgan fingerprint density at radius 2 is 2.21 bits per heavy atom. The van der Waals surface area contributed by atoms with E-state index in [9.17, 15) is 14.3 Å². The number of aryl methyl sites for hydroxylation is 1. The molecule has 1 N–H and O–H groups in total. The Kier molecular flexibility index (Phi) is 4.20. The van der Waals surface area contributed by atoms with E-state index in [0.717, 1.165) is 24.8 Å². The molecule has 3 nitrogen and oxygen atoms in total. The van der Waals surface area contributed by atoms with Gasteiger partial charge in [0, 0.05) is 6.54 Å². The second-order valence-corrected chi connectivity index (χ2v) is 5.29. The van der Waals surface area contributed by atoms with Crippen LogP contribution in [0.5, 0.6) is 0 Å². The molecule has 0 radical (unpaired) electrons. The van der Waals surface area contributed by atoms with Gasteiger partial charge in [0.2, 0.25) is 0 Å². The first-order valence-corrected chi connectivity index (χ1v) is 6.76. The zero-order chi connectivity index (χ0) is 14.0. The minimum Gasteiger partial charge on any atom is -0.391 e. The van der Waals surface area contributed by atoms with Crippen LogP contribution >= 0.6 is 0 Å². The van der Waals surface area contributed by atoms with Crippen LogP contribution in [0.3, 0.4) is 0 Å². The molecule has 0 bridgehead atoms. The number of hydrogen-bond donors (Lipinski definition) is 1. The average molecular weight is 265 g/mol. The fourth-order valence-corrected chi connectivity index (χ4v) is 2.67. The predicted molar refractivity (Wildman–Crippen MR) is 71.5 cm³/mol.